The summed E-state index contributed by atoms with van der Waals surface area (Å²) in [5.74, 6) is 0.647. The van der Waals surface area contributed by atoms with E-state index in [4.69, 9.17) is 11.6 Å². The van der Waals surface area contributed by atoms with E-state index in [1.54, 1.807) is 0 Å². The quantitative estimate of drug-likeness (QED) is 0.655. The van der Waals surface area contributed by atoms with Gasteiger partial charge in [-0.1, -0.05) is 31.0 Å². The van der Waals surface area contributed by atoms with Gasteiger partial charge in [0, 0.05) is 23.7 Å². The average Bonchev–Trinajstić information content (AvgIpc) is 3.38. The number of unbranched alkanes of at least 4 members (excludes halogenated alkanes) is 1. The van der Waals surface area contributed by atoms with Crippen molar-refractivity contribution in [3.8, 4) is 0 Å². The molecular formula is C19H21ClN4. The summed E-state index contributed by atoms with van der Waals surface area (Å²) < 4.78 is 0. The monoisotopic (exact) mass is 340 g/mol. The number of nitrogens with one attached hydrogen (secondary N) is 1. The smallest absolute Gasteiger partial charge is 0.160 e. The Morgan fingerprint density at radius 1 is 1.25 bits per heavy atom. The van der Waals surface area contributed by atoms with Crippen LogP contribution < -0.4 is 0 Å². The molecule has 0 aliphatic heterocycles. The molecule has 0 bridgehead atoms. The highest BCUT2D eigenvalue weighted by molar-refractivity contribution is 6.29. The highest BCUT2D eigenvalue weighted by atomic mass is 35.5. The van der Waals surface area contributed by atoms with Crippen LogP contribution in [0, 0.1) is 0 Å². The second kappa shape index (κ2) is 6.52. The molecule has 4 rings (SSSR count). The van der Waals surface area contributed by atoms with Crippen LogP contribution in [-0.2, 0) is 12.8 Å². The van der Waals surface area contributed by atoms with Gasteiger partial charge in [0.15, 0.2) is 5.65 Å². The van der Waals surface area contributed by atoms with Crippen LogP contribution >= 0.6 is 11.6 Å². The molecule has 124 valence electrons. The lowest BCUT2D eigenvalue weighted by molar-refractivity contribution is 0.763. The van der Waals surface area contributed by atoms with Crippen molar-refractivity contribution < 1.29 is 0 Å². The summed E-state index contributed by atoms with van der Waals surface area (Å²) in [6.07, 6.45) is 8.55. The van der Waals surface area contributed by atoms with Crippen molar-refractivity contribution in [2.24, 2.45) is 0 Å². The maximum absolute atomic E-state index is 5.91. The minimum Gasteiger partial charge on any atom is -0.341 e. The summed E-state index contributed by atoms with van der Waals surface area (Å²) in [5.41, 5.74) is 5.86. The van der Waals surface area contributed by atoms with Gasteiger partial charge in [0.1, 0.15) is 5.15 Å². The number of aromatic amines is 1. The number of nitrogens with zero attached hydrogens (tertiary/aromatic N) is 3. The first-order valence-electron chi connectivity index (χ1n) is 8.72. The van der Waals surface area contributed by atoms with Gasteiger partial charge in [-0.3, -0.25) is 0 Å². The number of hydrogen-bond acceptors (Lipinski definition) is 3. The molecule has 5 heteroatoms. The van der Waals surface area contributed by atoms with E-state index in [1.807, 2.05) is 12.3 Å². The van der Waals surface area contributed by atoms with Gasteiger partial charge in [-0.25, -0.2) is 4.98 Å². The number of pyridine rings is 1. The molecule has 3 heterocycles. The largest absolute Gasteiger partial charge is 0.341 e. The lowest BCUT2D eigenvalue weighted by Gasteiger charge is -2.05. The van der Waals surface area contributed by atoms with Crippen LogP contribution in [0.15, 0.2) is 24.4 Å². The third-order valence-electron chi connectivity index (χ3n) is 4.69. The van der Waals surface area contributed by atoms with Gasteiger partial charge in [0.05, 0.1) is 5.69 Å². The summed E-state index contributed by atoms with van der Waals surface area (Å²) in [4.78, 5) is 7.74. The third-order valence-corrected chi connectivity index (χ3v) is 4.91. The van der Waals surface area contributed by atoms with Crippen molar-refractivity contribution in [2.45, 2.75) is 51.4 Å². The molecule has 1 N–H and O–H groups in total. The Balaban J connectivity index is 1.74. The van der Waals surface area contributed by atoms with Gasteiger partial charge < -0.3 is 4.98 Å². The maximum Gasteiger partial charge on any atom is 0.160 e. The molecule has 0 unspecified atom stereocenters. The van der Waals surface area contributed by atoms with Crippen molar-refractivity contribution in [1.82, 2.24) is 20.2 Å². The van der Waals surface area contributed by atoms with Crippen LogP contribution in [0.4, 0.5) is 0 Å². The predicted molar refractivity (Wildman–Crippen MR) is 96.5 cm³/mol. The second-order valence-electron chi connectivity index (χ2n) is 6.66. The molecule has 1 fully saturated rings. The standard InChI is InChI=1S/C19H21ClN4/c1-2-3-4-14-10-16-15(9-12-5-8-17(20)21-11-12)18(13-6-7-13)22-19(16)24-23-14/h5,8,10-11,13H,2-4,6-7,9H2,1H3,(H,22,24). The lowest BCUT2D eigenvalue weighted by atomic mass is 10.0. The number of rotatable bonds is 6. The molecule has 0 amide bonds. The fraction of sp³-hybridized carbons (Fsp3) is 0.421. The summed E-state index contributed by atoms with van der Waals surface area (Å²) in [5, 5.41) is 10.6. The highest BCUT2D eigenvalue weighted by Crippen LogP contribution is 2.43. The Kier molecular flexibility index (Phi) is 4.23. The average molecular weight is 341 g/mol. The van der Waals surface area contributed by atoms with Crippen LogP contribution in [0.3, 0.4) is 0 Å². The molecule has 4 nitrogen and oxygen atoms in total. The zero-order valence-electron chi connectivity index (χ0n) is 13.8. The Labute approximate surface area is 146 Å². The Morgan fingerprint density at radius 2 is 2.12 bits per heavy atom. The molecular weight excluding hydrogens is 320 g/mol. The molecule has 3 aromatic heterocycles. The first kappa shape index (κ1) is 15.6. The fourth-order valence-corrected chi connectivity index (χ4v) is 3.32. The Hall–Kier alpha value is -1.94. The van der Waals surface area contributed by atoms with Crippen LogP contribution in [-0.4, -0.2) is 20.2 Å². The Bertz CT molecular complexity index is 850. The van der Waals surface area contributed by atoms with Gasteiger partial charge in [-0.2, -0.15) is 5.10 Å². The summed E-state index contributed by atoms with van der Waals surface area (Å²) >= 11 is 5.91. The lowest BCUT2D eigenvalue weighted by Crippen LogP contribution is -1.95. The molecule has 0 spiro atoms. The molecule has 0 radical (unpaired) electrons. The normalized spacial score (nSPS) is 14.4. The molecule has 0 saturated heterocycles. The topological polar surface area (TPSA) is 54.5 Å². The fourth-order valence-electron chi connectivity index (χ4n) is 3.21. The number of hydrogen-bond donors (Lipinski definition) is 1. The van der Waals surface area contributed by atoms with E-state index in [2.05, 4.69) is 39.2 Å². The van der Waals surface area contributed by atoms with Crippen LogP contribution in [0.25, 0.3) is 11.0 Å². The molecule has 1 aliphatic carbocycles. The molecule has 0 atom stereocenters. The zero-order chi connectivity index (χ0) is 16.5. The van der Waals surface area contributed by atoms with Gasteiger partial charge >= 0.3 is 0 Å². The van der Waals surface area contributed by atoms with Gasteiger partial charge in [-0.15, -0.1) is 5.10 Å². The molecule has 24 heavy (non-hydrogen) atoms. The van der Waals surface area contributed by atoms with Gasteiger partial charge in [0.2, 0.25) is 0 Å². The highest BCUT2D eigenvalue weighted by Gasteiger charge is 2.29. The van der Waals surface area contributed by atoms with Crippen molar-refractivity contribution in [3.63, 3.8) is 0 Å². The summed E-state index contributed by atoms with van der Waals surface area (Å²) in [7, 11) is 0. The molecule has 1 aliphatic rings. The zero-order valence-corrected chi connectivity index (χ0v) is 14.6. The van der Waals surface area contributed by atoms with E-state index in [0.717, 1.165) is 30.6 Å². The van der Waals surface area contributed by atoms with E-state index < -0.39 is 0 Å². The van der Waals surface area contributed by atoms with Crippen LogP contribution in [0.2, 0.25) is 5.15 Å². The number of halogens is 1. The molecule has 3 aromatic rings. The minimum atomic E-state index is 0.535. The maximum atomic E-state index is 5.91. The summed E-state index contributed by atoms with van der Waals surface area (Å²) in [6, 6.07) is 6.13. The van der Waals surface area contributed by atoms with Gasteiger partial charge in [0.25, 0.3) is 0 Å². The van der Waals surface area contributed by atoms with E-state index in [0.29, 0.717) is 11.1 Å². The molecule has 0 aromatic carbocycles. The van der Waals surface area contributed by atoms with Crippen LogP contribution in [0.5, 0.6) is 0 Å². The third kappa shape index (κ3) is 3.16. The van der Waals surface area contributed by atoms with Gasteiger partial charge in [-0.05, 0) is 54.9 Å². The molecule has 1 saturated carbocycles. The SMILES string of the molecule is CCCCc1cc2c(Cc3ccc(Cl)nc3)c(C3CC3)[nH]c2nn1. The van der Waals surface area contributed by atoms with E-state index >= 15 is 0 Å². The number of aromatic nitrogens is 4. The van der Waals surface area contributed by atoms with Crippen molar-refractivity contribution in [2.75, 3.05) is 0 Å². The minimum absolute atomic E-state index is 0.535. The van der Waals surface area contributed by atoms with E-state index in [1.165, 1.54) is 41.5 Å². The second-order valence-corrected chi connectivity index (χ2v) is 7.05. The number of H-pyrrole nitrogens is 1. The number of fused-ring (bicyclic) bond motifs is 1. The van der Waals surface area contributed by atoms with E-state index in [-0.39, 0.29) is 0 Å². The van der Waals surface area contributed by atoms with Crippen molar-refractivity contribution in [3.05, 3.63) is 52.1 Å². The van der Waals surface area contributed by atoms with Crippen molar-refractivity contribution in [1.29, 1.82) is 0 Å². The summed E-state index contributed by atoms with van der Waals surface area (Å²) in [6.45, 7) is 2.20. The Morgan fingerprint density at radius 3 is 2.83 bits per heavy atom. The number of aryl methyl sites for hydroxylation is 1. The van der Waals surface area contributed by atoms with Crippen molar-refractivity contribution >= 4 is 22.6 Å². The first-order valence-corrected chi connectivity index (χ1v) is 9.10. The van der Waals surface area contributed by atoms with Crippen LogP contribution in [0.1, 0.15) is 61.0 Å². The first-order chi connectivity index (χ1) is 11.7. The predicted octanol–water partition coefficient (Wildman–Crippen LogP) is 4.82. The van der Waals surface area contributed by atoms with E-state index in [9.17, 15) is 0 Å².